The number of aryl methyl sites for hydroxylation is 2. The SMILES string of the molecule is CCCCCCCCCC1=NC2(CCN(S(=O)(=O)/C=C/c3c(C)cc(C(CCO)C(C)=O)cc3C)CC2)C(=O)N1. The molecule has 2 aliphatic heterocycles. The summed E-state index contributed by atoms with van der Waals surface area (Å²) in [5, 5.41) is 13.5. The molecule has 1 atom stereocenters. The molecular formula is C31H47N3O5S. The Morgan fingerprint density at radius 3 is 2.27 bits per heavy atom. The van der Waals surface area contributed by atoms with E-state index in [1.54, 1.807) is 6.08 Å². The van der Waals surface area contributed by atoms with Gasteiger partial charge in [0.05, 0.1) is 0 Å². The highest BCUT2D eigenvalue weighted by atomic mass is 32.2. The highest BCUT2D eigenvalue weighted by Gasteiger charge is 2.46. The fraction of sp³-hybridized carbons (Fsp3) is 0.645. The quantitative estimate of drug-likeness (QED) is 0.281. The number of amides is 1. The van der Waals surface area contributed by atoms with Crippen LogP contribution >= 0.6 is 0 Å². The Balaban J connectivity index is 1.60. The van der Waals surface area contributed by atoms with Gasteiger partial charge in [-0.25, -0.2) is 8.42 Å². The summed E-state index contributed by atoms with van der Waals surface area (Å²) in [6.07, 6.45) is 11.9. The molecule has 1 amide bonds. The van der Waals surface area contributed by atoms with Crippen LogP contribution in [0.3, 0.4) is 0 Å². The molecule has 0 bridgehead atoms. The zero-order chi connectivity index (χ0) is 29.3. The molecule has 1 spiro atoms. The van der Waals surface area contributed by atoms with Crippen LogP contribution in [-0.4, -0.2) is 60.6 Å². The second kappa shape index (κ2) is 14.5. The van der Waals surface area contributed by atoms with E-state index in [1.807, 2.05) is 26.0 Å². The second-order valence-corrected chi connectivity index (χ2v) is 13.2. The molecular weight excluding hydrogens is 526 g/mol. The van der Waals surface area contributed by atoms with E-state index in [-0.39, 0.29) is 37.3 Å². The van der Waals surface area contributed by atoms with E-state index in [0.29, 0.717) is 19.3 Å². The van der Waals surface area contributed by atoms with Crippen LogP contribution < -0.4 is 5.32 Å². The van der Waals surface area contributed by atoms with Crippen LogP contribution in [0.1, 0.15) is 113 Å². The lowest BCUT2D eigenvalue weighted by molar-refractivity contribution is -0.125. The number of aliphatic hydroxyl groups is 1. The van der Waals surface area contributed by atoms with Crippen LogP contribution in [0, 0.1) is 13.8 Å². The molecule has 0 aromatic heterocycles. The molecule has 2 heterocycles. The van der Waals surface area contributed by atoms with Gasteiger partial charge in [0.1, 0.15) is 17.2 Å². The normalized spacial score (nSPS) is 18.3. The van der Waals surface area contributed by atoms with Gasteiger partial charge in [-0.3, -0.25) is 14.6 Å². The Hall–Kier alpha value is -2.36. The van der Waals surface area contributed by atoms with Gasteiger partial charge in [-0.2, -0.15) is 4.31 Å². The van der Waals surface area contributed by atoms with Gasteiger partial charge in [0.2, 0.25) is 10.0 Å². The average molecular weight is 574 g/mol. The summed E-state index contributed by atoms with van der Waals surface area (Å²) >= 11 is 0. The van der Waals surface area contributed by atoms with Crippen molar-refractivity contribution in [1.82, 2.24) is 9.62 Å². The third-order valence-corrected chi connectivity index (χ3v) is 9.85. The molecule has 0 radical (unpaired) electrons. The van der Waals surface area contributed by atoms with Crippen molar-refractivity contribution in [1.29, 1.82) is 0 Å². The lowest BCUT2D eigenvalue weighted by Crippen LogP contribution is -2.50. The van der Waals surface area contributed by atoms with E-state index in [2.05, 4.69) is 12.2 Å². The van der Waals surface area contributed by atoms with Gasteiger partial charge in [0, 0.05) is 37.4 Å². The third kappa shape index (κ3) is 8.10. The van der Waals surface area contributed by atoms with E-state index in [0.717, 1.165) is 47.4 Å². The molecule has 9 heteroatoms. The third-order valence-electron chi connectivity index (χ3n) is 8.29. The van der Waals surface area contributed by atoms with E-state index in [1.165, 1.54) is 48.7 Å². The first kappa shape index (κ1) is 32.2. The Kier molecular flexibility index (Phi) is 11.7. The molecule has 2 aliphatic rings. The largest absolute Gasteiger partial charge is 0.396 e. The number of amidine groups is 1. The highest BCUT2D eigenvalue weighted by molar-refractivity contribution is 7.92. The molecule has 1 aromatic carbocycles. The van der Waals surface area contributed by atoms with Crippen molar-refractivity contribution in [3.8, 4) is 0 Å². The van der Waals surface area contributed by atoms with Crippen molar-refractivity contribution in [2.45, 2.75) is 110 Å². The van der Waals surface area contributed by atoms with Gasteiger partial charge in [-0.15, -0.1) is 0 Å². The van der Waals surface area contributed by atoms with E-state index >= 15 is 0 Å². The van der Waals surface area contributed by atoms with Crippen molar-refractivity contribution in [3.05, 3.63) is 39.8 Å². The summed E-state index contributed by atoms with van der Waals surface area (Å²) in [6.45, 7) is 7.93. The number of carbonyl (C=O) groups is 2. The number of benzene rings is 1. The van der Waals surface area contributed by atoms with Crippen molar-refractivity contribution in [2.75, 3.05) is 19.7 Å². The molecule has 1 saturated heterocycles. The molecule has 1 unspecified atom stereocenters. The Labute approximate surface area is 240 Å². The van der Waals surface area contributed by atoms with Gasteiger partial charge in [0.15, 0.2) is 0 Å². The maximum absolute atomic E-state index is 13.2. The summed E-state index contributed by atoms with van der Waals surface area (Å²) < 4.78 is 27.8. The van der Waals surface area contributed by atoms with Gasteiger partial charge < -0.3 is 10.4 Å². The number of piperidine rings is 1. The first-order chi connectivity index (χ1) is 19.0. The predicted molar refractivity (Wildman–Crippen MR) is 161 cm³/mol. The Bertz CT molecular complexity index is 1190. The molecule has 222 valence electrons. The molecule has 0 saturated carbocycles. The van der Waals surface area contributed by atoms with Crippen LogP contribution in [0.2, 0.25) is 0 Å². The number of aliphatic imine (C=N–C) groups is 1. The topological polar surface area (TPSA) is 116 Å². The number of hydrogen-bond donors (Lipinski definition) is 2. The number of aliphatic hydroxyl groups excluding tert-OH is 1. The van der Waals surface area contributed by atoms with Gasteiger partial charge >= 0.3 is 0 Å². The fourth-order valence-corrected chi connectivity index (χ4v) is 7.02. The first-order valence-electron chi connectivity index (χ1n) is 14.8. The van der Waals surface area contributed by atoms with Crippen molar-refractivity contribution >= 4 is 33.6 Å². The zero-order valence-electron chi connectivity index (χ0n) is 24.7. The van der Waals surface area contributed by atoms with Gasteiger partial charge in [-0.1, -0.05) is 57.6 Å². The van der Waals surface area contributed by atoms with Gasteiger partial charge in [-0.05, 0) is 74.8 Å². The minimum absolute atomic E-state index is 0.00760. The number of nitrogens with zero attached hydrogens (tertiary/aromatic N) is 2. The monoisotopic (exact) mass is 573 g/mol. The van der Waals surface area contributed by atoms with Crippen molar-refractivity contribution in [2.24, 2.45) is 4.99 Å². The molecule has 0 aliphatic carbocycles. The second-order valence-electron chi connectivity index (χ2n) is 11.4. The molecule has 2 N–H and O–H groups in total. The summed E-state index contributed by atoms with van der Waals surface area (Å²) in [5.41, 5.74) is 2.51. The summed E-state index contributed by atoms with van der Waals surface area (Å²) in [4.78, 5) is 29.7. The summed E-state index contributed by atoms with van der Waals surface area (Å²) in [5.74, 6) is 0.257. The Morgan fingerprint density at radius 1 is 1.10 bits per heavy atom. The maximum Gasteiger partial charge on any atom is 0.253 e. The van der Waals surface area contributed by atoms with Crippen LogP contribution in [0.25, 0.3) is 6.08 Å². The highest BCUT2D eigenvalue weighted by Crippen LogP contribution is 2.32. The van der Waals surface area contributed by atoms with E-state index in [9.17, 15) is 23.1 Å². The van der Waals surface area contributed by atoms with E-state index < -0.39 is 15.6 Å². The molecule has 8 nitrogen and oxygen atoms in total. The van der Waals surface area contributed by atoms with Crippen molar-refractivity contribution in [3.63, 3.8) is 0 Å². The maximum atomic E-state index is 13.2. The fourth-order valence-electron chi connectivity index (χ4n) is 5.85. The molecule has 1 aromatic rings. The smallest absolute Gasteiger partial charge is 0.253 e. The van der Waals surface area contributed by atoms with Crippen LogP contribution in [0.4, 0.5) is 0 Å². The minimum atomic E-state index is -3.68. The number of rotatable bonds is 15. The number of carbonyl (C=O) groups excluding carboxylic acids is 2. The molecule has 3 rings (SSSR count). The number of unbranched alkanes of at least 4 members (excludes halogenated alkanes) is 6. The number of sulfonamides is 1. The zero-order valence-corrected chi connectivity index (χ0v) is 25.5. The molecule has 1 fully saturated rings. The van der Waals surface area contributed by atoms with Crippen LogP contribution in [0.15, 0.2) is 22.5 Å². The number of ketones is 1. The molecule has 40 heavy (non-hydrogen) atoms. The van der Waals surface area contributed by atoms with Crippen LogP contribution in [0.5, 0.6) is 0 Å². The minimum Gasteiger partial charge on any atom is -0.396 e. The van der Waals surface area contributed by atoms with Gasteiger partial charge in [0.25, 0.3) is 5.91 Å². The summed E-state index contributed by atoms with van der Waals surface area (Å²) in [6, 6.07) is 3.79. The lowest BCUT2D eigenvalue weighted by Gasteiger charge is -2.34. The van der Waals surface area contributed by atoms with Crippen LogP contribution in [-0.2, 0) is 19.6 Å². The predicted octanol–water partition coefficient (Wildman–Crippen LogP) is 5.16. The van der Waals surface area contributed by atoms with E-state index in [4.69, 9.17) is 4.99 Å². The standard InChI is InChI=1S/C31H47N3O5S/c1-5-6-7-8-9-10-11-12-29-32-30(37)31(33-29)15-17-34(18-16-31)40(38,39)20-14-27-23(2)21-26(22-24(27)3)28(13-19-35)25(4)36/h14,20-22,28,35H,5-13,15-19H2,1-4H3,(H,32,33,37)/b20-14+. The summed E-state index contributed by atoms with van der Waals surface area (Å²) in [7, 11) is -3.68. The number of hydrogen-bond acceptors (Lipinski definition) is 6. The first-order valence-corrected chi connectivity index (χ1v) is 16.3. The number of nitrogens with one attached hydrogen (secondary N) is 1. The number of Topliss-reactive ketones (excluding diaryl/α,β-unsaturated/α-hetero) is 1. The average Bonchev–Trinajstić information content (AvgIpc) is 3.20. The lowest BCUT2D eigenvalue weighted by atomic mass is 9.88. The van der Waals surface area contributed by atoms with Crippen molar-refractivity contribution < 1.29 is 23.1 Å². The Morgan fingerprint density at radius 2 is 1.70 bits per heavy atom.